The summed E-state index contributed by atoms with van der Waals surface area (Å²) < 4.78 is 11.5. The first kappa shape index (κ1) is 29.8. The fourth-order valence-electron chi connectivity index (χ4n) is 3.47. The predicted octanol–water partition coefficient (Wildman–Crippen LogP) is 7.51. The average molecular weight is 491 g/mol. The Morgan fingerprint density at radius 1 is 1.18 bits per heavy atom. The Kier molecular flexibility index (Phi) is 15.1. The lowest BCUT2D eigenvalue weighted by atomic mass is 9.98. The lowest BCUT2D eigenvalue weighted by Gasteiger charge is -2.14. The molecule has 0 saturated heterocycles. The summed E-state index contributed by atoms with van der Waals surface area (Å²) in [5, 5.41) is 3.18. The van der Waals surface area contributed by atoms with E-state index in [1.54, 1.807) is 6.08 Å². The molecule has 1 unspecified atom stereocenters. The van der Waals surface area contributed by atoms with E-state index < -0.39 is 0 Å². The number of rotatable bonds is 16. The number of hydrogen-bond acceptors (Lipinski definition) is 4. The van der Waals surface area contributed by atoms with Crippen LogP contribution in [0.3, 0.4) is 0 Å². The van der Waals surface area contributed by atoms with Crippen molar-refractivity contribution in [2.24, 2.45) is 10.9 Å². The molecule has 0 saturated carbocycles. The Hall–Kier alpha value is -2.27. The molecule has 0 radical (unpaired) electrons. The molecule has 34 heavy (non-hydrogen) atoms. The second-order valence-corrected chi connectivity index (χ2v) is 9.19. The molecule has 1 amide bonds. The molecule has 1 aromatic rings. The third-order valence-electron chi connectivity index (χ3n) is 5.26. The number of carbonyl (C=O) groups is 1. The Morgan fingerprint density at radius 3 is 2.59 bits per heavy atom. The van der Waals surface area contributed by atoms with Crippen molar-refractivity contribution in [1.82, 2.24) is 5.32 Å². The number of allylic oxidation sites excluding steroid dienone is 3. The van der Waals surface area contributed by atoms with Crippen LogP contribution in [-0.2, 0) is 9.53 Å². The normalized spacial score (nSPS) is 13.7. The molecular formula is C28H43ClN2O3. The Morgan fingerprint density at radius 2 is 1.94 bits per heavy atom. The predicted molar refractivity (Wildman–Crippen MR) is 144 cm³/mol. The zero-order valence-electron chi connectivity index (χ0n) is 21.8. The number of unbranched alkanes of at least 4 members (excludes halogenated alkanes) is 1. The zero-order chi connectivity index (χ0) is 25.3. The smallest absolute Gasteiger partial charge is 0.258 e. The summed E-state index contributed by atoms with van der Waals surface area (Å²) >= 11 is 6.48. The summed E-state index contributed by atoms with van der Waals surface area (Å²) in [5.74, 6) is 1.92. The van der Waals surface area contributed by atoms with Crippen LogP contribution in [-0.4, -0.2) is 30.3 Å². The monoisotopic (exact) mass is 490 g/mol. The minimum Gasteiger partial charge on any atom is -0.498 e. The lowest BCUT2D eigenvalue weighted by Crippen LogP contribution is -2.34. The van der Waals surface area contributed by atoms with Crippen LogP contribution in [0.5, 0.6) is 5.75 Å². The van der Waals surface area contributed by atoms with Crippen molar-refractivity contribution in [3.8, 4) is 5.75 Å². The molecule has 6 heteroatoms. The van der Waals surface area contributed by atoms with Crippen LogP contribution in [0.15, 0.2) is 47.2 Å². The second kappa shape index (κ2) is 17.2. The second-order valence-electron chi connectivity index (χ2n) is 8.81. The summed E-state index contributed by atoms with van der Waals surface area (Å²) in [6.45, 7) is 13.0. The van der Waals surface area contributed by atoms with E-state index in [0.29, 0.717) is 23.4 Å². The molecule has 1 N–H and O–H groups in total. The molecule has 0 fully saturated rings. The number of nitrogens with one attached hydrogen (secondary N) is 1. The number of nitrogens with zero attached hydrogens (tertiary/aromatic N) is 1. The van der Waals surface area contributed by atoms with Gasteiger partial charge in [-0.1, -0.05) is 76.3 Å². The van der Waals surface area contributed by atoms with Crippen molar-refractivity contribution < 1.29 is 14.3 Å². The molecule has 0 aromatic heterocycles. The first-order valence-corrected chi connectivity index (χ1v) is 12.9. The van der Waals surface area contributed by atoms with Crippen LogP contribution < -0.4 is 10.1 Å². The highest BCUT2D eigenvalue weighted by atomic mass is 35.5. The number of aliphatic imine (C=N–C) groups is 1. The molecule has 1 atom stereocenters. The molecule has 1 rings (SSSR count). The molecule has 1 aromatic carbocycles. The highest BCUT2D eigenvalue weighted by Gasteiger charge is 2.08. The first-order chi connectivity index (χ1) is 16.3. The average Bonchev–Trinajstić information content (AvgIpc) is 2.79. The Labute approximate surface area is 211 Å². The molecule has 190 valence electrons. The summed E-state index contributed by atoms with van der Waals surface area (Å²) in [5.41, 5.74) is 1.65. The van der Waals surface area contributed by atoms with Gasteiger partial charge in [0.2, 0.25) is 0 Å². The number of amides is 1. The number of halogens is 1. The van der Waals surface area contributed by atoms with Gasteiger partial charge in [0.1, 0.15) is 10.9 Å². The number of hydrogen-bond donors (Lipinski definition) is 1. The quantitative estimate of drug-likeness (QED) is 0.193. The van der Waals surface area contributed by atoms with Crippen LogP contribution >= 0.6 is 11.6 Å². The molecule has 0 aliphatic heterocycles. The van der Waals surface area contributed by atoms with E-state index in [2.05, 4.69) is 37.2 Å². The maximum absolute atomic E-state index is 11.9. The molecule has 0 aliphatic rings. The van der Waals surface area contributed by atoms with Crippen LogP contribution in [0.25, 0.3) is 5.70 Å². The molecule has 0 bridgehead atoms. The van der Waals surface area contributed by atoms with Crippen molar-refractivity contribution in [3.05, 3.63) is 47.7 Å². The van der Waals surface area contributed by atoms with Crippen molar-refractivity contribution in [1.29, 1.82) is 0 Å². The molecule has 5 nitrogen and oxygen atoms in total. The van der Waals surface area contributed by atoms with Gasteiger partial charge in [0, 0.05) is 17.7 Å². The van der Waals surface area contributed by atoms with E-state index in [-0.39, 0.29) is 18.6 Å². The maximum Gasteiger partial charge on any atom is 0.258 e. The van der Waals surface area contributed by atoms with E-state index in [1.807, 2.05) is 45.0 Å². The molecule has 0 heterocycles. The van der Waals surface area contributed by atoms with E-state index in [0.717, 1.165) is 36.3 Å². The fourth-order valence-corrected chi connectivity index (χ4v) is 3.72. The van der Waals surface area contributed by atoms with Gasteiger partial charge in [-0.05, 0) is 51.7 Å². The van der Waals surface area contributed by atoms with Gasteiger partial charge < -0.3 is 14.8 Å². The van der Waals surface area contributed by atoms with Gasteiger partial charge in [-0.25, -0.2) is 4.99 Å². The fraction of sp³-hybridized carbons (Fsp3) is 0.571. The van der Waals surface area contributed by atoms with Gasteiger partial charge in [-0.3, -0.25) is 4.79 Å². The molecule has 0 spiro atoms. The van der Waals surface area contributed by atoms with E-state index in [9.17, 15) is 4.79 Å². The topological polar surface area (TPSA) is 59.9 Å². The summed E-state index contributed by atoms with van der Waals surface area (Å²) in [6, 6.07) is 7.63. The van der Waals surface area contributed by atoms with Crippen molar-refractivity contribution in [3.63, 3.8) is 0 Å². The largest absolute Gasteiger partial charge is 0.498 e. The van der Waals surface area contributed by atoms with Crippen LogP contribution in [0, 0.1) is 5.92 Å². The Bertz CT molecular complexity index is 831. The summed E-state index contributed by atoms with van der Waals surface area (Å²) in [7, 11) is 0. The van der Waals surface area contributed by atoms with E-state index >= 15 is 0 Å². The lowest BCUT2D eigenvalue weighted by molar-refractivity contribution is -0.123. The molecular weight excluding hydrogens is 448 g/mol. The van der Waals surface area contributed by atoms with Crippen LogP contribution in [0.4, 0.5) is 0 Å². The van der Waals surface area contributed by atoms with Crippen LogP contribution in [0.2, 0.25) is 0 Å². The standard InChI is InChI=1S/C28H43ClN2O3/c1-7-10-15-26(24-13-11-14-25(19-24)34-20-28(32)30-21(4)5)31-27(29)18-22(6)33-17-16-23(9-3)12-8-2/h11,13-15,18-19,21,23H,7-10,12,16-17,20H2,1-6H3,(H,30,32). The highest BCUT2D eigenvalue weighted by molar-refractivity contribution is 6.68. The zero-order valence-corrected chi connectivity index (χ0v) is 22.6. The van der Waals surface area contributed by atoms with E-state index in [1.165, 1.54) is 19.3 Å². The SMILES string of the molecule is CCCC=C(N=C(Cl)C=C(C)OCCC(CC)CCC)c1cccc(OCC(=O)NC(C)C)c1. The maximum atomic E-state index is 11.9. The van der Waals surface area contributed by atoms with Gasteiger partial charge >= 0.3 is 0 Å². The van der Waals surface area contributed by atoms with Gasteiger partial charge in [-0.15, -0.1) is 0 Å². The number of ether oxygens (including phenoxy) is 2. The first-order valence-electron chi connectivity index (χ1n) is 12.6. The van der Waals surface area contributed by atoms with Gasteiger partial charge in [0.05, 0.1) is 18.1 Å². The van der Waals surface area contributed by atoms with Gasteiger partial charge in [0.25, 0.3) is 5.91 Å². The third-order valence-corrected chi connectivity index (χ3v) is 5.45. The number of carbonyl (C=O) groups excluding carboxylic acids is 1. The van der Waals surface area contributed by atoms with Crippen molar-refractivity contribution >= 4 is 28.4 Å². The van der Waals surface area contributed by atoms with Gasteiger partial charge in [-0.2, -0.15) is 0 Å². The number of benzene rings is 1. The highest BCUT2D eigenvalue weighted by Crippen LogP contribution is 2.23. The van der Waals surface area contributed by atoms with Crippen LogP contribution in [0.1, 0.15) is 85.6 Å². The molecule has 0 aliphatic carbocycles. The summed E-state index contributed by atoms with van der Waals surface area (Å²) in [6.07, 6.45) is 10.4. The Balaban J connectivity index is 2.88. The third kappa shape index (κ3) is 12.8. The van der Waals surface area contributed by atoms with Crippen molar-refractivity contribution in [2.75, 3.05) is 13.2 Å². The van der Waals surface area contributed by atoms with Gasteiger partial charge in [0.15, 0.2) is 6.61 Å². The minimum atomic E-state index is -0.149. The minimum absolute atomic E-state index is 0.0317. The van der Waals surface area contributed by atoms with Crippen molar-refractivity contribution in [2.45, 2.75) is 86.1 Å². The van der Waals surface area contributed by atoms with E-state index in [4.69, 9.17) is 21.1 Å². The summed E-state index contributed by atoms with van der Waals surface area (Å²) in [4.78, 5) is 16.5.